The van der Waals surface area contributed by atoms with Crippen LogP contribution in [0, 0.1) is 5.92 Å². The lowest BCUT2D eigenvalue weighted by Gasteiger charge is -2.13. The van der Waals surface area contributed by atoms with Gasteiger partial charge in [0.25, 0.3) is 0 Å². The van der Waals surface area contributed by atoms with E-state index in [4.69, 9.17) is 14.6 Å². The lowest BCUT2D eigenvalue weighted by atomic mass is 9.98. The van der Waals surface area contributed by atoms with Gasteiger partial charge in [-0.3, -0.25) is 14.4 Å². The molecule has 0 aliphatic rings. The zero-order valence-electron chi connectivity index (χ0n) is 14.3. The van der Waals surface area contributed by atoms with E-state index in [0.29, 0.717) is 6.61 Å². The predicted octanol–water partition coefficient (Wildman–Crippen LogP) is 3.32. The third-order valence-corrected chi connectivity index (χ3v) is 3.44. The SMILES string of the molecule is CCCCCCCCOC(=O)CC(CC(=O)O)CC(=O)OCC. The molecule has 0 aromatic carbocycles. The zero-order chi connectivity index (χ0) is 17.5. The molecule has 6 heteroatoms. The zero-order valence-corrected chi connectivity index (χ0v) is 14.3. The number of carboxylic acid groups (broad SMARTS) is 1. The monoisotopic (exact) mass is 330 g/mol. The van der Waals surface area contributed by atoms with Gasteiger partial charge in [-0.25, -0.2) is 0 Å². The van der Waals surface area contributed by atoms with Crippen LogP contribution in [-0.2, 0) is 23.9 Å². The van der Waals surface area contributed by atoms with Gasteiger partial charge < -0.3 is 14.6 Å². The van der Waals surface area contributed by atoms with Crippen molar-refractivity contribution in [3.8, 4) is 0 Å². The summed E-state index contributed by atoms with van der Waals surface area (Å²) >= 11 is 0. The van der Waals surface area contributed by atoms with Gasteiger partial charge in [-0.2, -0.15) is 0 Å². The molecule has 0 aliphatic heterocycles. The Bertz CT molecular complexity index is 353. The van der Waals surface area contributed by atoms with Crippen LogP contribution < -0.4 is 0 Å². The smallest absolute Gasteiger partial charge is 0.306 e. The highest BCUT2D eigenvalue weighted by Gasteiger charge is 2.22. The lowest BCUT2D eigenvalue weighted by molar-refractivity contribution is -0.148. The van der Waals surface area contributed by atoms with Gasteiger partial charge in [0, 0.05) is 19.3 Å². The Hall–Kier alpha value is -1.59. The fourth-order valence-corrected chi connectivity index (χ4v) is 2.28. The Labute approximate surface area is 138 Å². The van der Waals surface area contributed by atoms with E-state index in [1.54, 1.807) is 6.92 Å². The molecule has 0 fully saturated rings. The van der Waals surface area contributed by atoms with Crippen molar-refractivity contribution in [1.29, 1.82) is 0 Å². The van der Waals surface area contributed by atoms with Crippen LogP contribution in [0.4, 0.5) is 0 Å². The summed E-state index contributed by atoms with van der Waals surface area (Å²) in [4.78, 5) is 34.0. The maximum atomic E-state index is 11.7. The van der Waals surface area contributed by atoms with Gasteiger partial charge in [0.2, 0.25) is 0 Å². The van der Waals surface area contributed by atoms with Crippen LogP contribution in [0.5, 0.6) is 0 Å². The summed E-state index contributed by atoms with van der Waals surface area (Å²) in [5.41, 5.74) is 0. The number of unbranched alkanes of at least 4 members (excludes halogenated alkanes) is 5. The van der Waals surface area contributed by atoms with Crippen LogP contribution in [0.15, 0.2) is 0 Å². The summed E-state index contributed by atoms with van der Waals surface area (Å²) in [7, 11) is 0. The summed E-state index contributed by atoms with van der Waals surface area (Å²) < 4.78 is 9.91. The normalized spacial score (nSPS) is 11.7. The summed E-state index contributed by atoms with van der Waals surface area (Å²) in [6.45, 7) is 4.43. The number of aliphatic carboxylic acids is 1. The fraction of sp³-hybridized carbons (Fsp3) is 0.824. The number of hydrogen-bond donors (Lipinski definition) is 1. The van der Waals surface area contributed by atoms with Crippen molar-refractivity contribution in [2.45, 2.75) is 71.6 Å². The van der Waals surface area contributed by atoms with Gasteiger partial charge in [-0.1, -0.05) is 39.0 Å². The summed E-state index contributed by atoms with van der Waals surface area (Å²) in [6, 6.07) is 0. The van der Waals surface area contributed by atoms with E-state index < -0.39 is 23.8 Å². The first-order valence-electron chi connectivity index (χ1n) is 8.52. The molecule has 0 bridgehead atoms. The van der Waals surface area contributed by atoms with Crippen molar-refractivity contribution < 1.29 is 29.0 Å². The molecule has 23 heavy (non-hydrogen) atoms. The molecule has 0 radical (unpaired) electrons. The van der Waals surface area contributed by atoms with E-state index in [-0.39, 0.29) is 25.9 Å². The highest BCUT2D eigenvalue weighted by atomic mass is 16.5. The van der Waals surface area contributed by atoms with E-state index in [9.17, 15) is 14.4 Å². The lowest BCUT2D eigenvalue weighted by Crippen LogP contribution is -2.19. The van der Waals surface area contributed by atoms with E-state index in [1.807, 2.05) is 0 Å². The van der Waals surface area contributed by atoms with E-state index >= 15 is 0 Å². The van der Waals surface area contributed by atoms with Crippen LogP contribution in [-0.4, -0.2) is 36.2 Å². The molecular formula is C17H30O6. The van der Waals surface area contributed by atoms with Crippen molar-refractivity contribution >= 4 is 17.9 Å². The van der Waals surface area contributed by atoms with Crippen molar-refractivity contribution in [2.75, 3.05) is 13.2 Å². The van der Waals surface area contributed by atoms with Crippen molar-refractivity contribution in [2.24, 2.45) is 5.92 Å². The predicted molar refractivity (Wildman–Crippen MR) is 85.9 cm³/mol. The van der Waals surface area contributed by atoms with E-state index in [2.05, 4.69) is 6.92 Å². The van der Waals surface area contributed by atoms with E-state index in [0.717, 1.165) is 19.3 Å². The highest BCUT2D eigenvalue weighted by molar-refractivity contribution is 5.75. The molecule has 0 saturated carbocycles. The Kier molecular flexibility index (Phi) is 13.1. The number of carbonyl (C=O) groups excluding carboxylic acids is 2. The van der Waals surface area contributed by atoms with Crippen molar-refractivity contribution in [1.82, 2.24) is 0 Å². The largest absolute Gasteiger partial charge is 0.481 e. The van der Waals surface area contributed by atoms with E-state index in [1.165, 1.54) is 19.3 Å². The molecule has 0 amide bonds. The minimum Gasteiger partial charge on any atom is -0.481 e. The topological polar surface area (TPSA) is 89.9 Å². The van der Waals surface area contributed by atoms with Gasteiger partial charge >= 0.3 is 17.9 Å². The van der Waals surface area contributed by atoms with Gasteiger partial charge in [0.1, 0.15) is 0 Å². The maximum absolute atomic E-state index is 11.7. The average Bonchev–Trinajstić information content (AvgIpc) is 2.45. The number of hydrogen-bond acceptors (Lipinski definition) is 5. The summed E-state index contributed by atoms with van der Waals surface area (Å²) in [5.74, 6) is -2.55. The minimum atomic E-state index is -1.04. The van der Waals surface area contributed by atoms with Crippen molar-refractivity contribution in [3.63, 3.8) is 0 Å². The molecule has 134 valence electrons. The number of rotatable bonds is 14. The second-order valence-electron chi connectivity index (χ2n) is 5.67. The Balaban J connectivity index is 3.98. The molecule has 0 saturated heterocycles. The second kappa shape index (κ2) is 14.0. The number of carbonyl (C=O) groups is 3. The molecule has 1 unspecified atom stereocenters. The van der Waals surface area contributed by atoms with Crippen LogP contribution >= 0.6 is 0 Å². The third kappa shape index (κ3) is 13.8. The standard InChI is InChI=1S/C17H30O6/c1-3-5-6-7-8-9-10-23-17(21)13-14(11-15(18)19)12-16(20)22-4-2/h14H,3-13H2,1-2H3,(H,18,19). The molecule has 6 nitrogen and oxygen atoms in total. The Morgan fingerprint density at radius 1 is 0.826 bits per heavy atom. The van der Waals surface area contributed by atoms with Crippen LogP contribution in [0.1, 0.15) is 71.6 Å². The Morgan fingerprint density at radius 2 is 1.39 bits per heavy atom. The number of ether oxygens (including phenoxy) is 2. The van der Waals surface area contributed by atoms with Gasteiger partial charge in [-0.15, -0.1) is 0 Å². The van der Waals surface area contributed by atoms with Crippen LogP contribution in [0.2, 0.25) is 0 Å². The first-order valence-corrected chi connectivity index (χ1v) is 8.52. The first kappa shape index (κ1) is 21.4. The fourth-order valence-electron chi connectivity index (χ4n) is 2.28. The second-order valence-corrected chi connectivity index (χ2v) is 5.67. The summed E-state index contributed by atoms with van der Waals surface area (Å²) in [5, 5.41) is 8.85. The molecule has 0 spiro atoms. The molecule has 1 atom stereocenters. The van der Waals surface area contributed by atoms with Gasteiger partial charge in [0.05, 0.1) is 13.2 Å². The third-order valence-electron chi connectivity index (χ3n) is 3.44. The van der Waals surface area contributed by atoms with Crippen LogP contribution in [0.3, 0.4) is 0 Å². The molecule has 0 aromatic rings. The molecule has 0 aliphatic carbocycles. The van der Waals surface area contributed by atoms with Crippen LogP contribution in [0.25, 0.3) is 0 Å². The highest BCUT2D eigenvalue weighted by Crippen LogP contribution is 2.16. The molecule has 1 N–H and O–H groups in total. The quantitative estimate of drug-likeness (QED) is 0.388. The minimum absolute atomic E-state index is 0.0685. The maximum Gasteiger partial charge on any atom is 0.306 e. The van der Waals surface area contributed by atoms with Gasteiger partial charge in [0.15, 0.2) is 0 Å². The first-order chi connectivity index (χ1) is 11.0. The number of esters is 2. The molecule has 0 aromatic heterocycles. The molecule has 0 rings (SSSR count). The van der Waals surface area contributed by atoms with Gasteiger partial charge in [-0.05, 0) is 19.3 Å². The number of carboxylic acids is 1. The Morgan fingerprint density at radius 3 is 1.96 bits per heavy atom. The average molecular weight is 330 g/mol. The summed E-state index contributed by atoms with van der Waals surface area (Å²) in [6.07, 6.45) is 6.20. The molecule has 0 heterocycles. The van der Waals surface area contributed by atoms with Crippen molar-refractivity contribution in [3.05, 3.63) is 0 Å². The molecular weight excluding hydrogens is 300 g/mol.